The molecule has 1 aromatic carbocycles. The highest BCUT2D eigenvalue weighted by Gasteiger charge is 2.49. The summed E-state index contributed by atoms with van der Waals surface area (Å²) in [6, 6.07) is 4.00. The molecule has 1 saturated heterocycles. The lowest BCUT2D eigenvalue weighted by Crippen LogP contribution is -2.59. The van der Waals surface area contributed by atoms with Crippen molar-refractivity contribution in [3.05, 3.63) is 46.1 Å². The highest BCUT2D eigenvalue weighted by atomic mass is 16.5. The maximum atomic E-state index is 13.1. The second-order valence-corrected chi connectivity index (χ2v) is 10.7. The summed E-state index contributed by atoms with van der Waals surface area (Å²) in [5.74, 6) is 0.827. The van der Waals surface area contributed by atoms with Gasteiger partial charge in [-0.25, -0.2) is 14.9 Å². The Hall–Kier alpha value is -2.84. The molecular formula is C29H42N5O3. The third-order valence-corrected chi connectivity index (χ3v) is 8.29. The average molecular weight is 509 g/mol. The minimum absolute atomic E-state index is 0.166. The van der Waals surface area contributed by atoms with Crippen LogP contribution in [0.4, 0.5) is 11.5 Å². The van der Waals surface area contributed by atoms with Gasteiger partial charge in [0.1, 0.15) is 5.75 Å². The van der Waals surface area contributed by atoms with Crippen LogP contribution < -0.4 is 15.0 Å². The SMILES string of the molecule is CCNc1cccnc1N1CCN(CC(C([O])=O)(c2c(C)c(C)c3c(c2C)CCC(C)O3)N(C)C)CC1. The van der Waals surface area contributed by atoms with E-state index in [0.29, 0.717) is 6.54 Å². The minimum atomic E-state index is -1.28. The fraction of sp³-hybridized carbons (Fsp3) is 0.586. The summed E-state index contributed by atoms with van der Waals surface area (Å²) in [6.07, 6.45) is 3.81. The zero-order valence-corrected chi connectivity index (χ0v) is 23.5. The summed E-state index contributed by atoms with van der Waals surface area (Å²) in [7, 11) is 3.71. The van der Waals surface area contributed by atoms with Crippen molar-refractivity contribution in [2.24, 2.45) is 0 Å². The average Bonchev–Trinajstić information content (AvgIpc) is 2.87. The fourth-order valence-corrected chi connectivity index (χ4v) is 6.09. The Labute approximate surface area is 221 Å². The van der Waals surface area contributed by atoms with Crippen molar-refractivity contribution in [1.82, 2.24) is 14.8 Å². The number of carbonyl (C=O) groups is 1. The van der Waals surface area contributed by atoms with Crippen LogP contribution in [0.25, 0.3) is 0 Å². The molecular weight excluding hydrogens is 466 g/mol. The van der Waals surface area contributed by atoms with E-state index in [2.05, 4.69) is 53.9 Å². The number of piperazine rings is 1. The van der Waals surface area contributed by atoms with E-state index in [9.17, 15) is 9.90 Å². The highest BCUT2D eigenvalue weighted by molar-refractivity contribution is 5.83. The van der Waals surface area contributed by atoms with E-state index in [1.54, 1.807) is 0 Å². The van der Waals surface area contributed by atoms with E-state index < -0.39 is 11.5 Å². The molecule has 1 aromatic heterocycles. The van der Waals surface area contributed by atoms with Gasteiger partial charge in [0, 0.05) is 45.5 Å². The van der Waals surface area contributed by atoms with Crippen LogP contribution in [-0.2, 0) is 21.9 Å². The standard InChI is InChI=1S/C29H42N5O3/c1-8-30-24-10-9-13-31-27(24)34-16-14-33(15-17-34)18-29(28(35)36,32(6)7)25-20(3)21(4)26-23(22(25)5)12-11-19(2)37-26/h9-10,13,19,30H,8,11-12,14-18H2,1-7H3. The Morgan fingerprint density at radius 2 is 1.86 bits per heavy atom. The van der Waals surface area contributed by atoms with E-state index in [4.69, 9.17) is 4.74 Å². The number of nitrogens with one attached hydrogen (secondary N) is 1. The van der Waals surface area contributed by atoms with Crippen LogP contribution in [0.15, 0.2) is 18.3 Å². The van der Waals surface area contributed by atoms with Gasteiger partial charge in [-0.05, 0) is 102 Å². The second kappa shape index (κ2) is 10.9. The van der Waals surface area contributed by atoms with Crippen LogP contribution in [0.1, 0.15) is 48.1 Å². The van der Waals surface area contributed by atoms with Crippen molar-refractivity contribution in [1.29, 1.82) is 0 Å². The van der Waals surface area contributed by atoms with Gasteiger partial charge in [0.05, 0.1) is 11.8 Å². The van der Waals surface area contributed by atoms with Gasteiger partial charge in [-0.15, -0.1) is 0 Å². The number of pyridine rings is 1. The molecule has 2 atom stereocenters. The fourth-order valence-electron chi connectivity index (χ4n) is 6.09. The van der Waals surface area contributed by atoms with E-state index in [1.807, 2.05) is 38.2 Å². The second-order valence-electron chi connectivity index (χ2n) is 10.7. The molecule has 201 valence electrons. The quantitative estimate of drug-likeness (QED) is 0.583. The summed E-state index contributed by atoms with van der Waals surface area (Å²) in [5, 5.41) is 16.5. The van der Waals surface area contributed by atoms with Gasteiger partial charge in [0.2, 0.25) is 0 Å². The van der Waals surface area contributed by atoms with Gasteiger partial charge in [-0.3, -0.25) is 9.80 Å². The third-order valence-electron chi connectivity index (χ3n) is 8.29. The number of ether oxygens (including phenoxy) is 1. The number of aromatic nitrogens is 1. The molecule has 0 saturated carbocycles. The van der Waals surface area contributed by atoms with Gasteiger partial charge in [-0.2, -0.15) is 0 Å². The Kier molecular flexibility index (Phi) is 7.99. The molecule has 37 heavy (non-hydrogen) atoms. The largest absolute Gasteiger partial charge is 0.490 e. The van der Waals surface area contributed by atoms with Crippen LogP contribution in [0.3, 0.4) is 0 Å². The van der Waals surface area contributed by atoms with Crippen LogP contribution >= 0.6 is 0 Å². The van der Waals surface area contributed by atoms with Gasteiger partial charge in [0.15, 0.2) is 11.4 Å². The minimum Gasteiger partial charge on any atom is -0.490 e. The summed E-state index contributed by atoms with van der Waals surface area (Å²) >= 11 is 0. The molecule has 0 aliphatic carbocycles. The molecule has 8 nitrogen and oxygen atoms in total. The molecule has 2 aromatic rings. The monoisotopic (exact) mass is 508 g/mol. The summed E-state index contributed by atoms with van der Waals surface area (Å²) in [5.41, 5.74) is 4.77. The van der Waals surface area contributed by atoms with E-state index in [-0.39, 0.29) is 6.10 Å². The molecule has 1 N–H and O–H groups in total. The maximum Gasteiger partial charge on any atom is 0.381 e. The molecule has 2 unspecified atom stereocenters. The first-order chi connectivity index (χ1) is 17.6. The molecule has 2 aliphatic rings. The van der Waals surface area contributed by atoms with E-state index >= 15 is 0 Å². The van der Waals surface area contributed by atoms with Crippen molar-refractivity contribution in [3.63, 3.8) is 0 Å². The predicted octanol–water partition coefficient (Wildman–Crippen LogP) is 3.69. The number of likely N-dealkylation sites (N-methyl/N-ethyl adjacent to an activating group) is 1. The Balaban J connectivity index is 1.66. The Morgan fingerprint density at radius 1 is 1.16 bits per heavy atom. The lowest BCUT2D eigenvalue weighted by Gasteiger charge is -2.44. The van der Waals surface area contributed by atoms with Crippen LogP contribution in [0.2, 0.25) is 0 Å². The van der Waals surface area contributed by atoms with Crippen molar-refractivity contribution in [3.8, 4) is 5.75 Å². The number of benzene rings is 1. The number of fused-ring (bicyclic) bond motifs is 1. The topological polar surface area (TPSA) is 80.8 Å². The number of nitrogens with zero attached hydrogens (tertiary/aromatic N) is 4. The number of hydrogen-bond donors (Lipinski definition) is 1. The lowest BCUT2D eigenvalue weighted by molar-refractivity contribution is -0.159. The normalized spacial score (nSPS) is 19.8. The molecule has 1 fully saturated rings. The van der Waals surface area contributed by atoms with Gasteiger partial charge in [0.25, 0.3) is 0 Å². The smallest absolute Gasteiger partial charge is 0.381 e. The first-order valence-electron chi connectivity index (χ1n) is 13.5. The van der Waals surface area contributed by atoms with Crippen molar-refractivity contribution < 1.29 is 14.6 Å². The number of carbonyl (C=O) groups excluding carboxylic acids is 1. The number of hydrogen-bond acceptors (Lipinski definition) is 7. The van der Waals surface area contributed by atoms with Crippen LogP contribution in [0, 0.1) is 20.8 Å². The predicted molar refractivity (Wildman–Crippen MR) is 147 cm³/mol. The first kappa shape index (κ1) is 27.2. The zero-order valence-electron chi connectivity index (χ0n) is 23.5. The van der Waals surface area contributed by atoms with Crippen LogP contribution in [-0.4, -0.2) is 80.2 Å². The molecule has 0 amide bonds. The maximum absolute atomic E-state index is 13.1. The van der Waals surface area contributed by atoms with E-state index in [0.717, 1.165) is 90.6 Å². The Bertz CT molecular complexity index is 1140. The first-order valence-corrected chi connectivity index (χ1v) is 13.5. The lowest BCUT2D eigenvalue weighted by atomic mass is 9.77. The van der Waals surface area contributed by atoms with E-state index in [1.165, 1.54) is 0 Å². The van der Waals surface area contributed by atoms with Crippen molar-refractivity contribution in [2.75, 3.05) is 63.6 Å². The molecule has 3 heterocycles. The van der Waals surface area contributed by atoms with Crippen molar-refractivity contribution >= 4 is 17.5 Å². The van der Waals surface area contributed by atoms with Crippen LogP contribution in [0.5, 0.6) is 5.75 Å². The number of rotatable bonds is 8. The molecule has 0 spiro atoms. The van der Waals surface area contributed by atoms with Gasteiger partial charge in [-0.1, -0.05) is 0 Å². The zero-order chi connectivity index (χ0) is 26.9. The molecule has 0 bridgehead atoms. The summed E-state index contributed by atoms with van der Waals surface area (Å²) in [4.78, 5) is 24.1. The third kappa shape index (κ3) is 4.89. The molecule has 4 rings (SSSR count). The highest BCUT2D eigenvalue weighted by Crippen LogP contribution is 2.43. The van der Waals surface area contributed by atoms with Gasteiger partial charge < -0.3 is 15.0 Å². The summed E-state index contributed by atoms with van der Waals surface area (Å²) in [6.45, 7) is 14.5. The summed E-state index contributed by atoms with van der Waals surface area (Å²) < 4.78 is 6.24. The Morgan fingerprint density at radius 3 is 2.49 bits per heavy atom. The molecule has 1 radical (unpaired) electrons. The molecule has 8 heteroatoms. The van der Waals surface area contributed by atoms with Crippen molar-refractivity contribution in [2.45, 2.75) is 59.1 Å². The number of anilines is 2. The molecule has 2 aliphatic heterocycles. The van der Waals surface area contributed by atoms with Gasteiger partial charge >= 0.3 is 5.97 Å².